The van der Waals surface area contributed by atoms with Crippen molar-refractivity contribution < 1.29 is 4.39 Å². The van der Waals surface area contributed by atoms with Gasteiger partial charge in [0.15, 0.2) is 0 Å². The molecule has 0 bridgehead atoms. The van der Waals surface area contributed by atoms with Crippen LogP contribution in [0.25, 0.3) is 0 Å². The maximum atomic E-state index is 13.1. The van der Waals surface area contributed by atoms with Crippen molar-refractivity contribution in [1.82, 2.24) is 0 Å². The Morgan fingerprint density at radius 3 is 2.42 bits per heavy atom. The molecule has 0 saturated heterocycles. The summed E-state index contributed by atoms with van der Waals surface area (Å²) in [5.41, 5.74) is 1.10. The summed E-state index contributed by atoms with van der Waals surface area (Å²) in [6.07, 6.45) is 4.74. The van der Waals surface area contributed by atoms with Crippen molar-refractivity contribution in [2.45, 2.75) is 46.0 Å². The van der Waals surface area contributed by atoms with E-state index in [2.05, 4.69) is 35.8 Å². The Labute approximate surface area is 123 Å². The second kappa shape index (κ2) is 5.25. The van der Waals surface area contributed by atoms with Gasteiger partial charge in [-0.05, 0) is 55.2 Å². The predicted octanol–water partition coefficient (Wildman–Crippen LogP) is 5.24. The van der Waals surface area contributed by atoms with Gasteiger partial charge in [0.05, 0.1) is 11.5 Å². The predicted molar refractivity (Wildman–Crippen MR) is 78.1 cm³/mol. The molecule has 19 heavy (non-hydrogen) atoms. The first-order valence-electron chi connectivity index (χ1n) is 6.71. The molecular formula is C16H19BrFN. The van der Waals surface area contributed by atoms with Gasteiger partial charge >= 0.3 is 0 Å². The molecule has 1 saturated carbocycles. The summed E-state index contributed by atoms with van der Waals surface area (Å²) in [7, 11) is 0. The van der Waals surface area contributed by atoms with Crippen LogP contribution in [0.5, 0.6) is 0 Å². The number of benzene rings is 1. The van der Waals surface area contributed by atoms with Gasteiger partial charge in [-0.15, -0.1) is 0 Å². The zero-order valence-electron chi connectivity index (χ0n) is 11.5. The van der Waals surface area contributed by atoms with Gasteiger partial charge in [0.25, 0.3) is 0 Å². The van der Waals surface area contributed by atoms with Crippen LogP contribution in [0.15, 0.2) is 22.7 Å². The number of rotatable bonds is 2. The van der Waals surface area contributed by atoms with E-state index in [1.165, 1.54) is 12.1 Å². The monoisotopic (exact) mass is 323 g/mol. The molecule has 0 heterocycles. The fraction of sp³-hybridized carbons (Fsp3) is 0.562. The summed E-state index contributed by atoms with van der Waals surface area (Å²) in [4.78, 5) is 0. The molecule has 0 aromatic heterocycles. The van der Waals surface area contributed by atoms with Gasteiger partial charge in [0.1, 0.15) is 5.82 Å². The minimum Gasteiger partial charge on any atom is -0.207 e. The first-order chi connectivity index (χ1) is 8.86. The van der Waals surface area contributed by atoms with E-state index in [1.54, 1.807) is 6.07 Å². The molecule has 2 rings (SSSR count). The number of hydrogen-bond donors (Lipinski definition) is 0. The Bertz CT molecular complexity index is 506. The van der Waals surface area contributed by atoms with Crippen molar-refractivity contribution in [3.63, 3.8) is 0 Å². The van der Waals surface area contributed by atoms with E-state index in [0.29, 0.717) is 11.8 Å². The summed E-state index contributed by atoms with van der Waals surface area (Å²) in [6, 6.07) is 7.27. The molecular weight excluding hydrogens is 305 g/mol. The zero-order valence-corrected chi connectivity index (χ0v) is 13.1. The van der Waals surface area contributed by atoms with Gasteiger partial charge < -0.3 is 0 Å². The van der Waals surface area contributed by atoms with E-state index in [1.807, 2.05) is 0 Å². The van der Waals surface area contributed by atoms with Gasteiger partial charge in [-0.1, -0.05) is 35.8 Å². The largest absolute Gasteiger partial charge is 0.207 e. The minimum atomic E-state index is -0.282. The fourth-order valence-electron chi connectivity index (χ4n) is 2.76. The van der Waals surface area contributed by atoms with Crippen molar-refractivity contribution in [2.75, 3.05) is 0 Å². The Morgan fingerprint density at radius 1 is 1.26 bits per heavy atom. The number of nitriles is 1. The third-order valence-corrected chi connectivity index (χ3v) is 5.08. The molecule has 0 amide bonds. The van der Waals surface area contributed by atoms with Crippen molar-refractivity contribution in [3.05, 3.63) is 34.1 Å². The molecule has 1 aliphatic carbocycles. The van der Waals surface area contributed by atoms with Gasteiger partial charge in [-0.2, -0.15) is 5.26 Å². The molecule has 0 radical (unpaired) electrons. The quantitative estimate of drug-likeness (QED) is 0.730. The van der Waals surface area contributed by atoms with Crippen LogP contribution < -0.4 is 0 Å². The molecule has 1 nitrogen and oxygen atoms in total. The average molecular weight is 324 g/mol. The Morgan fingerprint density at radius 2 is 1.89 bits per heavy atom. The second-order valence-corrected chi connectivity index (χ2v) is 7.32. The van der Waals surface area contributed by atoms with Crippen LogP contribution >= 0.6 is 15.9 Å². The lowest BCUT2D eigenvalue weighted by atomic mass is 9.64. The topological polar surface area (TPSA) is 23.8 Å². The molecule has 1 aromatic carbocycles. The van der Waals surface area contributed by atoms with E-state index >= 15 is 0 Å². The van der Waals surface area contributed by atoms with E-state index in [0.717, 1.165) is 35.7 Å². The molecule has 102 valence electrons. The second-order valence-electron chi connectivity index (χ2n) is 6.47. The first kappa shape index (κ1) is 14.5. The van der Waals surface area contributed by atoms with Crippen LogP contribution in [0.3, 0.4) is 0 Å². The highest BCUT2D eigenvalue weighted by molar-refractivity contribution is 9.10. The lowest BCUT2D eigenvalue weighted by molar-refractivity contribution is 0.146. The third kappa shape index (κ3) is 3.36. The van der Waals surface area contributed by atoms with Crippen molar-refractivity contribution >= 4 is 15.9 Å². The number of halogens is 2. The van der Waals surface area contributed by atoms with E-state index < -0.39 is 0 Å². The Balaban J connectivity index is 2.18. The summed E-state index contributed by atoms with van der Waals surface area (Å²) >= 11 is 3.40. The van der Waals surface area contributed by atoms with Crippen molar-refractivity contribution in [2.24, 2.45) is 10.8 Å². The molecule has 1 aromatic rings. The molecule has 0 N–H and O–H groups in total. The van der Waals surface area contributed by atoms with E-state index in [4.69, 9.17) is 0 Å². The molecule has 3 heteroatoms. The molecule has 1 aliphatic rings. The van der Waals surface area contributed by atoms with Crippen molar-refractivity contribution in [3.8, 4) is 6.07 Å². The standard InChI is InChI=1S/C16H19BrFN/c1-15(2)5-7-16(11-19,8-6-15)10-12-3-4-13(18)9-14(12)17/h3-4,9H,5-8,10H2,1-2H3. The lowest BCUT2D eigenvalue weighted by Crippen LogP contribution is -2.32. The summed E-state index contributed by atoms with van der Waals surface area (Å²) in [5, 5.41) is 9.58. The summed E-state index contributed by atoms with van der Waals surface area (Å²) in [5.74, 6) is -0.244. The van der Waals surface area contributed by atoms with Gasteiger partial charge in [-0.25, -0.2) is 4.39 Å². The average Bonchev–Trinajstić information content (AvgIpc) is 2.36. The highest BCUT2D eigenvalue weighted by Gasteiger charge is 2.38. The van der Waals surface area contributed by atoms with Crippen LogP contribution in [0, 0.1) is 28.0 Å². The molecule has 0 atom stereocenters. The van der Waals surface area contributed by atoms with E-state index in [-0.39, 0.29) is 11.2 Å². The molecule has 0 unspecified atom stereocenters. The Kier molecular flexibility index (Phi) is 4.01. The zero-order chi connectivity index (χ0) is 14.1. The van der Waals surface area contributed by atoms with Gasteiger partial charge in [-0.3, -0.25) is 0 Å². The normalized spacial score (nSPS) is 20.8. The highest BCUT2D eigenvalue weighted by Crippen LogP contribution is 2.46. The summed E-state index contributed by atoms with van der Waals surface area (Å²) in [6.45, 7) is 4.53. The minimum absolute atomic E-state index is 0.244. The van der Waals surface area contributed by atoms with Crippen LogP contribution in [0.2, 0.25) is 0 Å². The molecule has 0 spiro atoms. The van der Waals surface area contributed by atoms with Crippen molar-refractivity contribution in [1.29, 1.82) is 5.26 Å². The van der Waals surface area contributed by atoms with E-state index in [9.17, 15) is 9.65 Å². The number of nitrogens with zero attached hydrogens (tertiary/aromatic N) is 1. The SMILES string of the molecule is CC1(C)CCC(C#N)(Cc2ccc(F)cc2Br)CC1. The number of hydrogen-bond acceptors (Lipinski definition) is 1. The fourth-order valence-corrected chi connectivity index (χ4v) is 3.25. The van der Waals surface area contributed by atoms with Gasteiger partial charge in [0.2, 0.25) is 0 Å². The smallest absolute Gasteiger partial charge is 0.124 e. The summed E-state index contributed by atoms with van der Waals surface area (Å²) < 4.78 is 13.9. The molecule has 0 aliphatic heterocycles. The van der Waals surface area contributed by atoms with Gasteiger partial charge in [0, 0.05) is 4.47 Å². The van der Waals surface area contributed by atoms with Crippen LogP contribution in [-0.2, 0) is 6.42 Å². The van der Waals surface area contributed by atoms with Crippen LogP contribution in [-0.4, -0.2) is 0 Å². The van der Waals surface area contributed by atoms with Crippen LogP contribution in [0.4, 0.5) is 4.39 Å². The van der Waals surface area contributed by atoms with Crippen LogP contribution in [0.1, 0.15) is 45.1 Å². The first-order valence-corrected chi connectivity index (χ1v) is 7.50. The molecule has 1 fully saturated rings. The highest BCUT2D eigenvalue weighted by atomic mass is 79.9. The lowest BCUT2D eigenvalue weighted by Gasteiger charge is -2.39. The maximum Gasteiger partial charge on any atom is 0.124 e. The third-order valence-electron chi connectivity index (χ3n) is 4.34. The maximum absolute atomic E-state index is 13.1. The Hall–Kier alpha value is -0.880.